The molecule has 3 rings (SSSR count). The topological polar surface area (TPSA) is 70.2 Å². The number of carbonyl (C=O) groups is 2. The standard InChI is InChI=1S/C25H27N3O2/c1-17(2)24(29)27-22-11-9-20(10-12-22)25(30)28-23-15-13-21(14-16-23)26-18(3)19-7-5-4-6-8-19/h4-18,26H,1-3H3,(H,27,29)(H,28,30). The van der Waals surface area contributed by atoms with Crippen LogP contribution >= 0.6 is 0 Å². The van der Waals surface area contributed by atoms with Gasteiger partial charge in [-0.15, -0.1) is 0 Å². The molecule has 3 N–H and O–H groups in total. The van der Waals surface area contributed by atoms with Gasteiger partial charge in [0, 0.05) is 34.6 Å². The first-order chi connectivity index (χ1) is 14.4. The van der Waals surface area contributed by atoms with E-state index in [-0.39, 0.29) is 23.8 Å². The van der Waals surface area contributed by atoms with Crippen LogP contribution in [0.2, 0.25) is 0 Å². The Kier molecular flexibility index (Phi) is 6.86. The molecule has 3 aromatic rings. The van der Waals surface area contributed by atoms with Gasteiger partial charge in [0.25, 0.3) is 5.91 Å². The third-order valence-electron chi connectivity index (χ3n) is 4.76. The van der Waals surface area contributed by atoms with Crippen LogP contribution in [0.4, 0.5) is 17.1 Å². The second-order valence-electron chi connectivity index (χ2n) is 7.53. The summed E-state index contributed by atoms with van der Waals surface area (Å²) < 4.78 is 0. The lowest BCUT2D eigenvalue weighted by Gasteiger charge is -2.16. The van der Waals surface area contributed by atoms with Gasteiger partial charge in [0.1, 0.15) is 0 Å². The van der Waals surface area contributed by atoms with Crippen LogP contribution in [0.15, 0.2) is 78.9 Å². The predicted octanol–water partition coefficient (Wildman–Crippen LogP) is 5.71. The fourth-order valence-corrected chi connectivity index (χ4v) is 2.92. The fourth-order valence-electron chi connectivity index (χ4n) is 2.92. The molecule has 154 valence electrons. The van der Waals surface area contributed by atoms with E-state index in [1.54, 1.807) is 24.3 Å². The first-order valence-corrected chi connectivity index (χ1v) is 10.1. The monoisotopic (exact) mass is 401 g/mol. The number of benzene rings is 3. The van der Waals surface area contributed by atoms with Crippen molar-refractivity contribution in [3.63, 3.8) is 0 Å². The van der Waals surface area contributed by atoms with E-state index in [4.69, 9.17) is 0 Å². The zero-order valence-corrected chi connectivity index (χ0v) is 17.5. The van der Waals surface area contributed by atoms with Gasteiger partial charge in [-0.2, -0.15) is 0 Å². The largest absolute Gasteiger partial charge is 0.379 e. The summed E-state index contributed by atoms with van der Waals surface area (Å²) in [6.07, 6.45) is 0. The molecule has 0 radical (unpaired) electrons. The minimum absolute atomic E-state index is 0.0533. The molecule has 30 heavy (non-hydrogen) atoms. The summed E-state index contributed by atoms with van der Waals surface area (Å²) in [5.41, 5.74) is 4.11. The maximum absolute atomic E-state index is 12.5. The van der Waals surface area contributed by atoms with Crippen LogP contribution in [0, 0.1) is 5.92 Å². The van der Waals surface area contributed by atoms with Crippen molar-refractivity contribution in [3.8, 4) is 0 Å². The Balaban J connectivity index is 1.57. The lowest BCUT2D eigenvalue weighted by atomic mass is 10.1. The first kappa shape index (κ1) is 21.1. The molecule has 0 heterocycles. The lowest BCUT2D eigenvalue weighted by molar-refractivity contribution is -0.118. The summed E-state index contributed by atoms with van der Waals surface area (Å²) >= 11 is 0. The van der Waals surface area contributed by atoms with Gasteiger partial charge in [-0.05, 0) is 61.0 Å². The summed E-state index contributed by atoms with van der Waals surface area (Å²) in [6.45, 7) is 5.78. The Morgan fingerprint density at radius 2 is 1.20 bits per heavy atom. The van der Waals surface area contributed by atoms with E-state index in [1.165, 1.54) is 5.56 Å². The molecule has 0 saturated heterocycles. The van der Waals surface area contributed by atoms with Crippen LogP contribution in [0.3, 0.4) is 0 Å². The Bertz CT molecular complexity index is 981. The van der Waals surface area contributed by atoms with Crippen molar-refractivity contribution in [3.05, 3.63) is 90.0 Å². The molecular formula is C25H27N3O2. The average Bonchev–Trinajstić information content (AvgIpc) is 2.76. The molecule has 3 aromatic carbocycles. The van der Waals surface area contributed by atoms with Gasteiger partial charge in [0.15, 0.2) is 0 Å². The van der Waals surface area contributed by atoms with Crippen molar-refractivity contribution in [2.75, 3.05) is 16.0 Å². The predicted molar refractivity (Wildman–Crippen MR) is 123 cm³/mol. The van der Waals surface area contributed by atoms with Crippen LogP contribution in [-0.4, -0.2) is 11.8 Å². The van der Waals surface area contributed by atoms with Crippen molar-refractivity contribution in [1.82, 2.24) is 0 Å². The Morgan fingerprint density at radius 1 is 0.667 bits per heavy atom. The third kappa shape index (κ3) is 5.70. The number of hydrogen-bond acceptors (Lipinski definition) is 3. The number of nitrogens with one attached hydrogen (secondary N) is 3. The number of amides is 2. The normalized spacial score (nSPS) is 11.6. The van der Waals surface area contributed by atoms with Crippen molar-refractivity contribution in [1.29, 1.82) is 0 Å². The van der Waals surface area contributed by atoms with Crippen LogP contribution in [-0.2, 0) is 4.79 Å². The van der Waals surface area contributed by atoms with Crippen molar-refractivity contribution >= 4 is 28.9 Å². The molecule has 1 atom stereocenters. The quantitative estimate of drug-likeness (QED) is 0.475. The van der Waals surface area contributed by atoms with Crippen LogP contribution in [0.5, 0.6) is 0 Å². The van der Waals surface area contributed by atoms with Crippen LogP contribution in [0.25, 0.3) is 0 Å². The SMILES string of the molecule is CC(C)C(=O)Nc1ccc(C(=O)Nc2ccc(NC(C)c3ccccc3)cc2)cc1. The minimum Gasteiger partial charge on any atom is -0.379 e. The van der Waals surface area contributed by atoms with Gasteiger partial charge in [0.05, 0.1) is 0 Å². The highest BCUT2D eigenvalue weighted by atomic mass is 16.2. The van der Waals surface area contributed by atoms with Gasteiger partial charge in [0.2, 0.25) is 5.91 Å². The molecule has 0 aliphatic carbocycles. The molecule has 5 heteroatoms. The van der Waals surface area contributed by atoms with Gasteiger partial charge in [-0.25, -0.2) is 0 Å². The fraction of sp³-hybridized carbons (Fsp3) is 0.200. The van der Waals surface area contributed by atoms with Crippen molar-refractivity contribution in [2.45, 2.75) is 26.8 Å². The maximum Gasteiger partial charge on any atom is 0.255 e. The van der Waals surface area contributed by atoms with E-state index >= 15 is 0 Å². The number of hydrogen-bond donors (Lipinski definition) is 3. The number of anilines is 3. The van der Waals surface area contributed by atoms with Gasteiger partial charge in [-0.1, -0.05) is 44.2 Å². The molecule has 0 fully saturated rings. The van der Waals surface area contributed by atoms with Crippen LogP contribution < -0.4 is 16.0 Å². The van der Waals surface area contributed by atoms with E-state index in [9.17, 15) is 9.59 Å². The number of rotatable bonds is 7. The summed E-state index contributed by atoms with van der Waals surface area (Å²) in [4.78, 5) is 24.2. The van der Waals surface area contributed by atoms with Crippen LogP contribution in [0.1, 0.15) is 42.7 Å². The van der Waals surface area contributed by atoms with E-state index in [2.05, 4.69) is 35.0 Å². The number of carbonyl (C=O) groups excluding carboxylic acids is 2. The van der Waals surface area contributed by atoms with Crippen molar-refractivity contribution < 1.29 is 9.59 Å². The molecule has 0 aliphatic rings. The highest BCUT2D eigenvalue weighted by Crippen LogP contribution is 2.21. The van der Waals surface area contributed by atoms with Gasteiger partial charge >= 0.3 is 0 Å². The third-order valence-corrected chi connectivity index (χ3v) is 4.76. The van der Waals surface area contributed by atoms with E-state index in [1.807, 2.05) is 56.3 Å². The lowest BCUT2D eigenvalue weighted by Crippen LogP contribution is -2.18. The Morgan fingerprint density at radius 3 is 1.80 bits per heavy atom. The summed E-state index contributed by atoms with van der Waals surface area (Å²) in [5.74, 6) is -0.348. The van der Waals surface area contributed by atoms with E-state index in [0.717, 1.165) is 11.4 Å². The zero-order valence-electron chi connectivity index (χ0n) is 17.5. The molecule has 0 spiro atoms. The molecule has 0 aromatic heterocycles. The molecule has 0 saturated carbocycles. The summed E-state index contributed by atoms with van der Waals surface area (Å²) in [6, 6.07) is 24.9. The van der Waals surface area contributed by atoms with Crippen molar-refractivity contribution in [2.24, 2.45) is 5.92 Å². The molecule has 0 aliphatic heterocycles. The second kappa shape index (κ2) is 9.74. The molecule has 5 nitrogen and oxygen atoms in total. The Hall–Kier alpha value is -3.60. The minimum atomic E-state index is -0.199. The molecular weight excluding hydrogens is 374 g/mol. The highest BCUT2D eigenvalue weighted by molar-refractivity contribution is 6.04. The molecule has 1 unspecified atom stereocenters. The maximum atomic E-state index is 12.5. The second-order valence-corrected chi connectivity index (χ2v) is 7.53. The van der Waals surface area contributed by atoms with Gasteiger partial charge < -0.3 is 16.0 Å². The van der Waals surface area contributed by atoms with E-state index in [0.29, 0.717) is 11.3 Å². The summed E-state index contributed by atoms with van der Waals surface area (Å²) in [7, 11) is 0. The smallest absolute Gasteiger partial charge is 0.255 e. The first-order valence-electron chi connectivity index (χ1n) is 10.1. The molecule has 0 bridgehead atoms. The Labute approximate surface area is 177 Å². The molecule has 2 amide bonds. The van der Waals surface area contributed by atoms with Gasteiger partial charge in [-0.3, -0.25) is 9.59 Å². The highest BCUT2D eigenvalue weighted by Gasteiger charge is 2.10. The van der Waals surface area contributed by atoms with E-state index < -0.39 is 0 Å². The zero-order chi connectivity index (χ0) is 21.5. The average molecular weight is 402 g/mol. The summed E-state index contributed by atoms with van der Waals surface area (Å²) in [5, 5.41) is 9.16.